The first-order valence-corrected chi connectivity index (χ1v) is 7.13. The summed E-state index contributed by atoms with van der Waals surface area (Å²) < 4.78 is 0. The number of hydrogen-bond acceptors (Lipinski definition) is 3. The fourth-order valence-electron chi connectivity index (χ4n) is 2.55. The van der Waals surface area contributed by atoms with Gasteiger partial charge in [-0.25, -0.2) is 0 Å². The van der Waals surface area contributed by atoms with Crippen molar-refractivity contribution in [1.82, 2.24) is 0 Å². The van der Waals surface area contributed by atoms with Crippen LogP contribution in [-0.2, 0) is 12.0 Å². The van der Waals surface area contributed by atoms with Crippen molar-refractivity contribution >= 4 is 5.69 Å². The van der Waals surface area contributed by atoms with Crippen LogP contribution >= 0.6 is 0 Å². The molecule has 0 saturated heterocycles. The molecule has 0 saturated carbocycles. The van der Waals surface area contributed by atoms with Gasteiger partial charge >= 0.3 is 0 Å². The Labute approximate surface area is 124 Å². The zero-order chi connectivity index (χ0) is 15.3. The van der Waals surface area contributed by atoms with Gasteiger partial charge in [-0.3, -0.25) is 10.1 Å². The van der Waals surface area contributed by atoms with Gasteiger partial charge in [0.05, 0.1) is 4.92 Å². The highest BCUT2D eigenvalue weighted by atomic mass is 16.6. The van der Waals surface area contributed by atoms with Crippen molar-refractivity contribution in [3.8, 4) is 0 Å². The fraction of sp³-hybridized carbons (Fsp3) is 0.294. The number of nitro groups is 1. The molecule has 2 aromatic rings. The van der Waals surface area contributed by atoms with E-state index >= 15 is 0 Å². The van der Waals surface area contributed by atoms with E-state index in [9.17, 15) is 10.1 Å². The number of para-hydroxylation sites is 1. The second-order valence-electron chi connectivity index (χ2n) is 5.26. The number of nitrogens with two attached hydrogens (primary N) is 1. The zero-order valence-electron chi connectivity index (χ0n) is 12.2. The van der Waals surface area contributed by atoms with Gasteiger partial charge in [-0.2, -0.15) is 0 Å². The van der Waals surface area contributed by atoms with Crippen LogP contribution in [-0.4, -0.2) is 4.92 Å². The highest BCUT2D eigenvalue weighted by Crippen LogP contribution is 2.29. The second kappa shape index (κ2) is 6.50. The van der Waals surface area contributed by atoms with E-state index < -0.39 is 5.54 Å². The van der Waals surface area contributed by atoms with Crippen LogP contribution in [0, 0.1) is 10.1 Å². The van der Waals surface area contributed by atoms with Crippen molar-refractivity contribution in [1.29, 1.82) is 0 Å². The van der Waals surface area contributed by atoms with Crippen molar-refractivity contribution in [3.63, 3.8) is 0 Å². The lowest BCUT2D eigenvalue weighted by Crippen LogP contribution is -2.36. The first-order valence-electron chi connectivity index (χ1n) is 7.13. The molecule has 1 atom stereocenters. The number of nitro benzene ring substituents is 1. The van der Waals surface area contributed by atoms with E-state index in [1.165, 1.54) is 0 Å². The molecule has 4 nitrogen and oxygen atoms in total. The van der Waals surface area contributed by atoms with Crippen molar-refractivity contribution in [3.05, 3.63) is 75.8 Å². The molecule has 4 heteroatoms. The van der Waals surface area contributed by atoms with Crippen molar-refractivity contribution in [2.75, 3.05) is 0 Å². The quantitative estimate of drug-likeness (QED) is 0.648. The Bertz CT molecular complexity index is 613. The third-order valence-electron chi connectivity index (χ3n) is 4.01. The van der Waals surface area contributed by atoms with Gasteiger partial charge in [-0.05, 0) is 24.8 Å². The summed E-state index contributed by atoms with van der Waals surface area (Å²) in [6, 6.07) is 16.8. The molecule has 1 unspecified atom stereocenters. The molecule has 2 aromatic carbocycles. The van der Waals surface area contributed by atoms with Gasteiger partial charge in [0.15, 0.2) is 0 Å². The summed E-state index contributed by atoms with van der Waals surface area (Å²) in [5.41, 5.74) is 8.05. The van der Waals surface area contributed by atoms with E-state index in [1.54, 1.807) is 18.2 Å². The fourth-order valence-corrected chi connectivity index (χ4v) is 2.55. The van der Waals surface area contributed by atoms with Crippen LogP contribution in [0.1, 0.15) is 30.9 Å². The van der Waals surface area contributed by atoms with E-state index in [0.717, 1.165) is 17.5 Å². The van der Waals surface area contributed by atoms with Crippen LogP contribution in [0.5, 0.6) is 0 Å². The molecule has 0 fully saturated rings. The standard InChI is InChI=1S/C17H20N2O2/c1-2-17(18,15-9-4-3-5-10-15)13-12-14-8-6-7-11-16(14)19(20)21/h3-11H,2,12-13,18H2,1H3. The minimum absolute atomic E-state index is 0.170. The lowest BCUT2D eigenvalue weighted by atomic mass is 9.83. The molecule has 0 spiro atoms. The van der Waals surface area contributed by atoms with Gasteiger partial charge in [0.2, 0.25) is 0 Å². The van der Waals surface area contributed by atoms with Gasteiger partial charge in [0, 0.05) is 17.2 Å². The summed E-state index contributed by atoms with van der Waals surface area (Å²) in [6.45, 7) is 2.05. The molecule has 0 aliphatic rings. The normalized spacial score (nSPS) is 13.6. The Hall–Kier alpha value is -2.20. The predicted octanol–water partition coefficient (Wildman–Crippen LogP) is 3.79. The van der Waals surface area contributed by atoms with E-state index in [1.807, 2.05) is 43.3 Å². The summed E-state index contributed by atoms with van der Waals surface area (Å²) in [5, 5.41) is 11.1. The summed E-state index contributed by atoms with van der Waals surface area (Å²) in [4.78, 5) is 10.7. The van der Waals surface area contributed by atoms with Gasteiger partial charge in [-0.1, -0.05) is 55.5 Å². The van der Waals surface area contributed by atoms with Crippen molar-refractivity contribution in [2.45, 2.75) is 31.7 Å². The van der Waals surface area contributed by atoms with Crippen molar-refractivity contribution < 1.29 is 4.92 Å². The number of benzene rings is 2. The molecule has 0 bridgehead atoms. The molecular formula is C17H20N2O2. The van der Waals surface area contributed by atoms with Crippen LogP contribution in [0.3, 0.4) is 0 Å². The number of rotatable bonds is 6. The lowest BCUT2D eigenvalue weighted by Gasteiger charge is -2.29. The SMILES string of the molecule is CCC(N)(CCc1ccccc1[N+](=O)[O-])c1ccccc1. The highest BCUT2D eigenvalue weighted by molar-refractivity contribution is 5.40. The Morgan fingerprint density at radius 2 is 1.71 bits per heavy atom. The third-order valence-corrected chi connectivity index (χ3v) is 4.01. The number of aryl methyl sites for hydroxylation is 1. The molecule has 0 aromatic heterocycles. The Morgan fingerprint density at radius 1 is 1.10 bits per heavy atom. The molecule has 0 heterocycles. The highest BCUT2D eigenvalue weighted by Gasteiger charge is 2.26. The van der Waals surface area contributed by atoms with Gasteiger partial charge in [0.25, 0.3) is 5.69 Å². The average Bonchev–Trinajstić information content (AvgIpc) is 2.53. The number of hydrogen-bond donors (Lipinski definition) is 1. The maximum absolute atomic E-state index is 11.1. The summed E-state index contributed by atoms with van der Waals surface area (Å²) >= 11 is 0. The van der Waals surface area contributed by atoms with Gasteiger partial charge in [0.1, 0.15) is 0 Å². The van der Waals surface area contributed by atoms with E-state index in [2.05, 4.69) is 0 Å². The molecule has 0 aliphatic heterocycles. The zero-order valence-corrected chi connectivity index (χ0v) is 12.2. The third kappa shape index (κ3) is 3.47. The maximum Gasteiger partial charge on any atom is 0.272 e. The van der Waals surface area contributed by atoms with Gasteiger partial charge in [-0.15, -0.1) is 0 Å². The Balaban J connectivity index is 2.20. The second-order valence-corrected chi connectivity index (χ2v) is 5.26. The summed E-state index contributed by atoms with van der Waals surface area (Å²) in [7, 11) is 0. The van der Waals surface area contributed by atoms with E-state index in [0.29, 0.717) is 12.8 Å². The number of nitrogens with zero attached hydrogens (tertiary/aromatic N) is 1. The molecule has 2 N–H and O–H groups in total. The van der Waals surface area contributed by atoms with Crippen LogP contribution in [0.15, 0.2) is 54.6 Å². The van der Waals surface area contributed by atoms with E-state index in [-0.39, 0.29) is 10.6 Å². The first kappa shape index (κ1) is 15.2. The molecule has 0 amide bonds. The van der Waals surface area contributed by atoms with Crippen LogP contribution < -0.4 is 5.73 Å². The lowest BCUT2D eigenvalue weighted by molar-refractivity contribution is -0.385. The topological polar surface area (TPSA) is 69.2 Å². The molecule has 21 heavy (non-hydrogen) atoms. The summed E-state index contributed by atoms with van der Waals surface area (Å²) in [5.74, 6) is 0. The molecule has 0 aliphatic carbocycles. The van der Waals surface area contributed by atoms with E-state index in [4.69, 9.17) is 5.73 Å². The van der Waals surface area contributed by atoms with Crippen molar-refractivity contribution in [2.24, 2.45) is 5.73 Å². The first-order chi connectivity index (χ1) is 10.1. The van der Waals surface area contributed by atoms with Crippen LogP contribution in [0.2, 0.25) is 0 Å². The maximum atomic E-state index is 11.1. The molecule has 2 rings (SSSR count). The Kier molecular flexibility index (Phi) is 4.70. The molecule has 110 valence electrons. The minimum atomic E-state index is -0.453. The minimum Gasteiger partial charge on any atom is -0.321 e. The summed E-state index contributed by atoms with van der Waals surface area (Å²) in [6.07, 6.45) is 2.06. The molecule has 0 radical (unpaired) electrons. The Morgan fingerprint density at radius 3 is 2.33 bits per heavy atom. The van der Waals surface area contributed by atoms with Gasteiger partial charge < -0.3 is 5.73 Å². The largest absolute Gasteiger partial charge is 0.321 e. The van der Waals surface area contributed by atoms with Crippen LogP contribution in [0.4, 0.5) is 5.69 Å². The monoisotopic (exact) mass is 284 g/mol. The molecular weight excluding hydrogens is 264 g/mol. The predicted molar refractivity (Wildman–Crippen MR) is 84.0 cm³/mol. The van der Waals surface area contributed by atoms with Crippen LogP contribution in [0.25, 0.3) is 0 Å². The average molecular weight is 284 g/mol. The smallest absolute Gasteiger partial charge is 0.272 e.